The molecule has 1 aromatic rings. The fourth-order valence-corrected chi connectivity index (χ4v) is 7.58. The minimum Gasteiger partial charge on any atom is -0.446 e. The lowest BCUT2D eigenvalue weighted by Crippen LogP contribution is -2.51. The highest BCUT2D eigenvalue weighted by atomic mass is 19.3. The number of aromatic nitrogens is 2. The third-order valence-electron chi connectivity index (χ3n) is 9.24. The number of hydrogen-bond acceptors (Lipinski definition) is 10. The van der Waals surface area contributed by atoms with Gasteiger partial charge in [-0.1, -0.05) is 0 Å². The second-order valence-electron chi connectivity index (χ2n) is 12.1. The van der Waals surface area contributed by atoms with Crippen LogP contribution in [0.1, 0.15) is 64.0 Å². The monoisotopic (exact) mass is 571 g/mol. The molecule has 5 saturated carbocycles. The number of nitrogens with zero attached hydrogens (tertiary/aromatic N) is 2. The van der Waals surface area contributed by atoms with Gasteiger partial charge in [0, 0.05) is 19.0 Å². The Morgan fingerprint density at radius 1 is 1.20 bits per heavy atom. The number of aliphatic hydroxyl groups is 3. The summed E-state index contributed by atoms with van der Waals surface area (Å²) in [5.41, 5.74) is -1.17. The van der Waals surface area contributed by atoms with E-state index in [1.165, 1.54) is 6.42 Å². The van der Waals surface area contributed by atoms with Crippen LogP contribution in [0.15, 0.2) is 17.1 Å². The van der Waals surface area contributed by atoms with E-state index in [4.69, 9.17) is 24.4 Å². The number of nitrogens with one attached hydrogen (secondary N) is 1. The Bertz CT molecular complexity index is 1140. The molecule has 1 unspecified atom stereocenters. The van der Waals surface area contributed by atoms with Gasteiger partial charge >= 0.3 is 17.7 Å². The van der Waals surface area contributed by atoms with Crippen molar-refractivity contribution in [2.45, 2.75) is 100 Å². The Morgan fingerprint density at radius 3 is 2.52 bits per heavy atom. The number of alkyl halides is 2. The molecule has 1 amide bonds. The number of hydrogen-bond donors (Lipinski definition) is 4. The van der Waals surface area contributed by atoms with Gasteiger partial charge in [-0.2, -0.15) is 13.8 Å². The average molecular weight is 572 g/mol. The van der Waals surface area contributed by atoms with Crippen LogP contribution in [0, 0.1) is 23.7 Å². The number of halogens is 2. The van der Waals surface area contributed by atoms with Crippen molar-refractivity contribution in [2.24, 2.45) is 23.7 Å². The van der Waals surface area contributed by atoms with E-state index in [0.29, 0.717) is 35.7 Å². The number of rotatable bonds is 7. The largest absolute Gasteiger partial charge is 0.446 e. The number of ether oxygens (including phenoxy) is 2. The molecule has 6 fully saturated rings. The van der Waals surface area contributed by atoms with Crippen LogP contribution >= 0.6 is 0 Å². The van der Waals surface area contributed by atoms with Crippen molar-refractivity contribution < 1.29 is 48.1 Å². The van der Waals surface area contributed by atoms with Gasteiger partial charge in [-0.25, -0.2) is 19.4 Å². The van der Waals surface area contributed by atoms with Crippen molar-refractivity contribution in [3.63, 3.8) is 0 Å². The molecule has 5 aliphatic carbocycles. The highest BCUT2D eigenvalue weighted by Gasteiger charge is 2.59. The van der Waals surface area contributed by atoms with Crippen LogP contribution in [0.3, 0.4) is 0 Å². The van der Waals surface area contributed by atoms with Gasteiger partial charge < -0.3 is 24.8 Å². The summed E-state index contributed by atoms with van der Waals surface area (Å²) >= 11 is 0. The summed E-state index contributed by atoms with van der Waals surface area (Å²) in [5, 5.41) is 32.1. The average Bonchev–Trinajstić information content (AvgIpc) is 3.11. The standard InChI is InChI=1S/C26H35F2N3O9/c27-26(28)21(33)18(12-32)38-22(26)31-5-3-19(29-23(31)34)30-24(35)37-17-2-1-4-25(36,11-17)40-39-20-15-7-13-6-14(9-15)10-16(20)8-13/h3,5,13-18,20-22,32-33,36H,1-2,4,6-12H2,(H,29,30,34,35)/t13?,14?,15?,16?,17?,18-,20?,21-,22-,25-/m1/s1. The summed E-state index contributed by atoms with van der Waals surface area (Å²) < 4.78 is 39.6. The molecule has 6 aliphatic rings. The normalized spacial score (nSPS) is 41.7. The van der Waals surface area contributed by atoms with Crippen LogP contribution in [0.25, 0.3) is 0 Å². The first-order valence-corrected chi connectivity index (χ1v) is 14.0. The minimum atomic E-state index is -3.85. The van der Waals surface area contributed by atoms with E-state index in [2.05, 4.69) is 10.3 Å². The van der Waals surface area contributed by atoms with Gasteiger partial charge in [0.15, 0.2) is 6.10 Å². The van der Waals surface area contributed by atoms with Crippen molar-refractivity contribution in [2.75, 3.05) is 11.9 Å². The molecule has 1 saturated heterocycles. The van der Waals surface area contributed by atoms with Crippen LogP contribution in [0.4, 0.5) is 19.4 Å². The fourth-order valence-electron chi connectivity index (χ4n) is 7.58. The molecular formula is C26H35F2N3O9. The lowest BCUT2D eigenvalue weighted by molar-refractivity contribution is -0.461. The molecule has 5 atom stereocenters. The zero-order valence-corrected chi connectivity index (χ0v) is 21.9. The Labute approximate surface area is 228 Å². The van der Waals surface area contributed by atoms with E-state index in [1.54, 1.807) is 0 Å². The predicted octanol–water partition coefficient (Wildman–Crippen LogP) is 2.08. The van der Waals surface area contributed by atoms with Crippen molar-refractivity contribution in [1.82, 2.24) is 9.55 Å². The first-order chi connectivity index (χ1) is 19.0. The van der Waals surface area contributed by atoms with Crippen LogP contribution in [0.5, 0.6) is 0 Å². The van der Waals surface area contributed by atoms with E-state index >= 15 is 0 Å². The molecule has 7 rings (SSSR count). The summed E-state index contributed by atoms with van der Waals surface area (Å²) in [7, 11) is 0. The molecule has 40 heavy (non-hydrogen) atoms. The summed E-state index contributed by atoms with van der Waals surface area (Å²) in [6.07, 6.45) is 0.462. The van der Waals surface area contributed by atoms with Gasteiger partial charge in [-0.3, -0.25) is 9.88 Å². The van der Waals surface area contributed by atoms with Crippen LogP contribution < -0.4 is 11.0 Å². The zero-order valence-electron chi connectivity index (χ0n) is 21.9. The fraction of sp³-hybridized carbons (Fsp3) is 0.808. The Balaban J connectivity index is 1.02. The van der Waals surface area contributed by atoms with Crippen LogP contribution in [-0.4, -0.2) is 73.7 Å². The number of carbonyl (C=O) groups is 1. The Morgan fingerprint density at radius 2 is 1.90 bits per heavy atom. The molecule has 12 nitrogen and oxygen atoms in total. The van der Waals surface area contributed by atoms with Crippen molar-refractivity contribution in [1.29, 1.82) is 0 Å². The van der Waals surface area contributed by atoms with E-state index < -0.39 is 54.6 Å². The highest BCUT2D eigenvalue weighted by Crippen LogP contribution is 2.55. The van der Waals surface area contributed by atoms with E-state index in [-0.39, 0.29) is 18.3 Å². The minimum absolute atomic E-state index is 0.00516. The quantitative estimate of drug-likeness (QED) is 0.217. The zero-order chi connectivity index (χ0) is 28.2. The first-order valence-electron chi connectivity index (χ1n) is 14.0. The first kappa shape index (κ1) is 27.9. The lowest BCUT2D eigenvalue weighted by Gasteiger charge is -2.53. The third kappa shape index (κ3) is 5.25. The van der Waals surface area contributed by atoms with Crippen LogP contribution in [-0.2, 0) is 19.2 Å². The molecule has 14 heteroatoms. The topological polar surface area (TPSA) is 162 Å². The molecular weight excluding hydrogens is 536 g/mol. The van der Waals surface area contributed by atoms with Gasteiger partial charge in [0.2, 0.25) is 12.0 Å². The molecule has 4 bridgehead atoms. The number of amides is 1. The Kier molecular flexibility index (Phi) is 7.36. The molecule has 0 aromatic carbocycles. The van der Waals surface area contributed by atoms with Gasteiger partial charge in [-0.15, -0.1) is 0 Å². The van der Waals surface area contributed by atoms with Gasteiger partial charge in [0.1, 0.15) is 18.0 Å². The molecule has 0 radical (unpaired) electrons. The SMILES string of the molecule is O=C(Nc1ccn([C@@H]2O[C@H](CO)[C@@H](O)C2(F)F)c(=O)n1)OC1CCC[C@@](O)(OOC2C3CC4CC(C3)CC2C4)C1. The predicted molar refractivity (Wildman–Crippen MR) is 131 cm³/mol. The summed E-state index contributed by atoms with van der Waals surface area (Å²) in [5.74, 6) is -3.23. The number of aliphatic hydroxyl groups excluding tert-OH is 2. The maximum atomic E-state index is 14.4. The van der Waals surface area contributed by atoms with E-state index in [1.807, 2.05) is 0 Å². The van der Waals surface area contributed by atoms with Crippen LogP contribution in [0.2, 0.25) is 0 Å². The smallest absolute Gasteiger partial charge is 0.413 e. The van der Waals surface area contributed by atoms with Crippen molar-refractivity contribution in [3.05, 3.63) is 22.7 Å². The second-order valence-corrected chi connectivity index (χ2v) is 12.1. The number of anilines is 1. The maximum Gasteiger partial charge on any atom is 0.413 e. The summed E-state index contributed by atoms with van der Waals surface area (Å²) in [6.45, 7) is -0.864. The van der Waals surface area contributed by atoms with Gasteiger partial charge in [0.25, 0.3) is 0 Å². The third-order valence-corrected chi connectivity index (χ3v) is 9.24. The molecule has 1 aliphatic heterocycles. The van der Waals surface area contributed by atoms with Gasteiger partial charge in [-0.05, 0) is 74.7 Å². The van der Waals surface area contributed by atoms with Crippen molar-refractivity contribution >= 4 is 11.9 Å². The molecule has 0 spiro atoms. The van der Waals surface area contributed by atoms with Crippen molar-refractivity contribution in [3.8, 4) is 0 Å². The second kappa shape index (κ2) is 10.6. The molecule has 222 valence electrons. The number of carbonyl (C=O) groups excluding carboxylic acids is 1. The lowest BCUT2D eigenvalue weighted by atomic mass is 9.55. The molecule has 1 aromatic heterocycles. The summed E-state index contributed by atoms with van der Waals surface area (Å²) in [4.78, 5) is 40.0. The molecule has 4 N–H and O–H groups in total. The Hall–Kier alpha value is -2.23. The van der Waals surface area contributed by atoms with Gasteiger partial charge in [0.05, 0.1) is 12.7 Å². The van der Waals surface area contributed by atoms with E-state index in [0.717, 1.165) is 49.8 Å². The summed E-state index contributed by atoms with van der Waals surface area (Å²) in [6, 6.07) is 1.10. The molecule has 2 heterocycles. The van der Waals surface area contributed by atoms with E-state index in [9.17, 15) is 28.6 Å². The maximum absolute atomic E-state index is 14.4. The highest BCUT2D eigenvalue weighted by molar-refractivity contribution is 5.83.